The molecule has 1 aromatic carbocycles. The Labute approximate surface area is 121 Å². The van der Waals surface area contributed by atoms with Crippen LogP contribution in [0.1, 0.15) is 42.1 Å². The maximum Gasteiger partial charge on any atom is 0.248 e. The van der Waals surface area contributed by atoms with Crippen molar-refractivity contribution in [1.29, 1.82) is 0 Å². The van der Waals surface area contributed by atoms with Gasteiger partial charge in [0, 0.05) is 30.4 Å². The monoisotopic (exact) mass is 275 g/mol. The van der Waals surface area contributed by atoms with E-state index < -0.39 is 0 Å². The number of carbonyl (C=O) groups is 1. The molecule has 0 spiro atoms. The normalized spacial score (nSPS) is 18.8. The molecule has 1 unspecified atom stereocenters. The molecule has 1 aliphatic rings. The van der Waals surface area contributed by atoms with Gasteiger partial charge in [0.1, 0.15) is 0 Å². The highest BCUT2D eigenvalue weighted by molar-refractivity contribution is 5.94. The van der Waals surface area contributed by atoms with E-state index in [4.69, 9.17) is 5.73 Å². The van der Waals surface area contributed by atoms with Gasteiger partial charge in [-0.3, -0.25) is 4.79 Å². The molecule has 3 N–H and O–H groups in total. The predicted octanol–water partition coefficient (Wildman–Crippen LogP) is 2.06. The topological polar surface area (TPSA) is 58.4 Å². The smallest absolute Gasteiger partial charge is 0.248 e. The van der Waals surface area contributed by atoms with Gasteiger partial charge in [0.25, 0.3) is 0 Å². The second-order valence-electron chi connectivity index (χ2n) is 5.55. The summed E-state index contributed by atoms with van der Waals surface area (Å²) in [6.07, 6.45) is 3.85. The third kappa shape index (κ3) is 3.51. The SMILES string of the molecule is CCN(CC1CCCCN1)c1ccc(C(N)=O)c(C)c1. The van der Waals surface area contributed by atoms with Gasteiger partial charge in [-0.1, -0.05) is 6.42 Å². The third-order valence-corrected chi connectivity index (χ3v) is 4.08. The van der Waals surface area contributed by atoms with Crippen molar-refractivity contribution in [2.75, 3.05) is 24.5 Å². The molecule has 2 rings (SSSR count). The number of amides is 1. The van der Waals surface area contributed by atoms with Gasteiger partial charge in [-0.2, -0.15) is 0 Å². The quantitative estimate of drug-likeness (QED) is 0.865. The summed E-state index contributed by atoms with van der Waals surface area (Å²) in [7, 11) is 0. The number of nitrogens with one attached hydrogen (secondary N) is 1. The van der Waals surface area contributed by atoms with Crippen LogP contribution in [0.4, 0.5) is 5.69 Å². The summed E-state index contributed by atoms with van der Waals surface area (Å²) in [4.78, 5) is 13.6. The molecule has 110 valence electrons. The number of rotatable bonds is 5. The zero-order valence-corrected chi connectivity index (χ0v) is 12.5. The Kier molecular flexibility index (Phi) is 5.01. The van der Waals surface area contributed by atoms with Gasteiger partial charge >= 0.3 is 0 Å². The van der Waals surface area contributed by atoms with Crippen molar-refractivity contribution in [3.8, 4) is 0 Å². The van der Waals surface area contributed by atoms with Crippen molar-refractivity contribution in [1.82, 2.24) is 5.32 Å². The number of piperidine rings is 1. The van der Waals surface area contributed by atoms with E-state index in [1.807, 2.05) is 19.1 Å². The number of anilines is 1. The van der Waals surface area contributed by atoms with Gasteiger partial charge in [-0.25, -0.2) is 0 Å². The van der Waals surface area contributed by atoms with Gasteiger partial charge < -0.3 is 16.0 Å². The summed E-state index contributed by atoms with van der Waals surface area (Å²) in [5.41, 5.74) is 8.09. The van der Waals surface area contributed by atoms with Gasteiger partial charge in [0.05, 0.1) is 0 Å². The first-order valence-corrected chi connectivity index (χ1v) is 7.50. The molecule has 4 heteroatoms. The molecule has 4 nitrogen and oxygen atoms in total. The van der Waals surface area contributed by atoms with Crippen LogP contribution >= 0.6 is 0 Å². The summed E-state index contributed by atoms with van der Waals surface area (Å²) >= 11 is 0. The van der Waals surface area contributed by atoms with Crippen LogP contribution in [0.2, 0.25) is 0 Å². The minimum Gasteiger partial charge on any atom is -0.370 e. The van der Waals surface area contributed by atoms with E-state index in [-0.39, 0.29) is 5.91 Å². The minimum absolute atomic E-state index is 0.356. The lowest BCUT2D eigenvalue weighted by molar-refractivity contribution is 0.0999. The second-order valence-corrected chi connectivity index (χ2v) is 5.55. The van der Waals surface area contributed by atoms with E-state index in [0.717, 1.165) is 25.2 Å². The Hall–Kier alpha value is -1.55. The molecule has 1 atom stereocenters. The van der Waals surface area contributed by atoms with Crippen LogP contribution in [0.5, 0.6) is 0 Å². The van der Waals surface area contributed by atoms with E-state index in [9.17, 15) is 4.79 Å². The molecule has 0 saturated carbocycles. The van der Waals surface area contributed by atoms with Gasteiger partial charge in [0.2, 0.25) is 5.91 Å². The Morgan fingerprint density at radius 2 is 2.25 bits per heavy atom. The highest BCUT2D eigenvalue weighted by Gasteiger charge is 2.17. The first-order chi connectivity index (χ1) is 9.61. The molecule has 1 amide bonds. The molecule has 1 aliphatic heterocycles. The van der Waals surface area contributed by atoms with E-state index in [1.54, 1.807) is 0 Å². The Morgan fingerprint density at radius 1 is 1.45 bits per heavy atom. The van der Waals surface area contributed by atoms with Gasteiger partial charge in [-0.15, -0.1) is 0 Å². The van der Waals surface area contributed by atoms with Crippen molar-refractivity contribution in [2.24, 2.45) is 5.73 Å². The first kappa shape index (κ1) is 14.9. The number of aryl methyl sites for hydroxylation is 1. The molecular weight excluding hydrogens is 250 g/mol. The van der Waals surface area contributed by atoms with Crippen LogP contribution in [-0.2, 0) is 0 Å². The van der Waals surface area contributed by atoms with Crippen LogP contribution in [0.25, 0.3) is 0 Å². The minimum atomic E-state index is -0.356. The molecule has 0 aromatic heterocycles. The lowest BCUT2D eigenvalue weighted by atomic mass is 10.0. The number of benzene rings is 1. The van der Waals surface area contributed by atoms with Crippen molar-refractivity contribution in [2.45, 2.75) is 39.2 Å². The Balaban J connectivity index is 2.10. The number of nitrogens with zero attached hydrogens (tertiary/aromatic N) is 1. The summed E-state index contributed by atoms with van der Waals surface area (Å²) in [5.74, 6) is -0.356. The largest absolute Gasteiger partial charge is 0.370 e. The number of likely N-dealkylation sites (N-methyl/N-ethyl adjacent to an activating group) is 1. The lowest BCUT2D eigenvalue weighted by Crippen LogP contribution is -2.43. The van der Waals surface area contributed by atoms with E-state index in [1.165, 1.54) is 24.9 Å². The van der Waals surface area contributed by atoms with Crippen molar-refractivity contribution in [3.63, 3.8) is 0 Å². The summed E-state index contributed by atoms with van der Waals surface area (Å²) in [6, 6.07) is 6.47. The summed E-state index contributed by atoms with van der Waals surface area (Å²) in [6.45, 7) is 7.22. The number of hydrogen-bond donors (Lipinski definition) is 2. The predicted molar refractivity (Wildman–Crippen MR) is 83.2 cm³/mol. The fourth-order valence-corrected chi connectivity index (χ4v) is 2.88. The van der Waals surface area contributed by atoms with Crippen LogP contribution in [0.3, 0.4) is 0 Å². The molecule has 20 heavy (non-hydrogen) atoms. The molecular formula is C16H25N3O. The van der Waals surface area contributed by atoms with E-state index in [2.05, 4.69) is 23.2 Å². The Morgan fingerprint density at radius 3 is 2.80 bits per heavy atom. The zero-order chi connectivity index (χ0) is 14.5. The molecule has 0 bridgehead atoms. The van der Waals surface area contributed by atoms with Crippen LogP contribution in [0.15, 0.2) is 18.2 Å². The molecule has 0 radical (unpaired) electrons. The average molecular weight is 275 g/mol. The second kappa shape index (κ2) is 6.75. The van der Waals surface area contributed by atoms with E-state index >= 15 is 0 Å². The average Bonchev–Trinajstić information content (AvgIpc) is 2.45. The van der Waals surface area contributed by atoms with E-state index in [0.29, 0.717) is 11.6 Å². The highest BCUT2D eigenvalue weighted by Crippen LogP contribution is 2.20. The number of carbonyl (C=O) groups excluding carboxylic acids is 1. The fourth-order valence-electron chi connectivity index (χ4n) is 2.88. The number of hydrogen-bond acceptors (Lipinski definition) is 3. The summed E-state index contributed by atoms with van der Waals surface area (Å²) < 4.78 is 0. The maximum atomic E-state index is 11.3. The molecule has 1 saturated heterocycles. The molecule has 0 aliphatic carbocycles. The van der Waals surface area contributed by atoms with Gasteiger partial charge in [0.15, 0.2) is 0 Å². The summed E-state index contributed by atoms with van der Waals surface area (Å²) in [5, 5.41) is 3.58. The lowest BCUT2D eigenvalue weighted by Gasteiger charge is -2.31. The fraction of sp³-hybridized carbons (Fsp3) is 0.562. The van der Waals surface area contributed by atoms with Crippen molar-refractivity contribution < 1.29 is 4.79 Å². The van der Waals surface area contributed by atoms with Crippen molar-refractivity contribution in [3.05, 3.63) is 29.3 Å². The van der Waals surface area contributed by atoms with Crippen LogP contribution < -0.4 is 16.0 Å². The highest BCUT2D eigenvalue weighted by atomic mass is 16.1. The molecule has 1 fully saturated rings. The van der Waals surface area contributed by atoms with Crippen LogP contribution in [-0.4, -0.2) is 31.6 Å². The van der Waals surface area contributed by atoms with Crippen LogP contribution in [0, 0.1) is 6.92 Å². The number of primary amides is 1. The molecule has 1 aromatic rings. The zero-order valence-electron chi connectivity index (χ0n) is 12.5. The standard InChI is InChI=1S/C16H25N3O/c1-3-19(11-13-6-4-5-9-18-13)14-7-8-15(16(17)20)12(2)10-14/h7-8,10,13,18H,3-6,9,11H2,1-2H3,(H2,17,20). The third-order valence-electron chi connectivity index (χ3n) is 4.08. The van der Waals surface area contributed by atoms with Crippen molar-refractivity contribution >= 4 is 11.6 Å². The first-order valence-electron chi connectivity index (χ1n) is 7.50. The Bertz CT molecular complexity index is 467. The van der Waals surface area contributed by atoms with Gasteiger partial charge in [-0.05, 0) is 57.0 Å². The molecule has 1 heterocycles. The maximum absolute atomic E-state index is 11.3. The number of nitrogens with two attached hydrogens (primary N) is 1.